The van der Waals surface area contributed by atoms with Gasteiger partial charge in [-0.05, 0) is 37.4 Å². The standard InChI is InChI=1S/C16H23N3O2/c1-2-17-15-13-4-3-12(9-14(13)18-16(15)21)19-7-5-11(10-19)6-8-20/h3-4,9,11,15,17,20H,2,5-8,10H2,1H3,(H,18,21). The molecule has 5 nitrogen and oxygen atoms in total. The molecule has 2 atom stereocenters. The Labute approximate surface area is 125 Å². The highest BCUT2D eigenvalue weighted by atomic mass is 16.3. The number of aliphatic hydroxyl groups excluding tert-OH is 1. The summed E-state index contributed by atoms with van der Waals surface area (Å²) in [6.45, 7) is 5.06. The number of hydrogen-bond donors (Lipinski definition) is 3. The third kappa shape index (κ3) is 2.76. The van der Waals surface area contributed by atoms with Crippen LogP contribution in [0.1, 0.15) is 31.4 Å². The van der Waals surface area contributed by atoms with Crippen molar-refractivity contribution in [2.24, 2.45) is 5.92 Å². The Morgan fingerprint density at radius 2 is 2.33 bits per heavy atom. The summed E-state index contributed by atoms with van der Waals surface area (Å²) in [6, 6.07) is 6.01. The highest BCUT2D eigenvalue weighted by Gasteiger charge is 2.31. The Morgan fingerprint density at radius 3 is 3.10 bits per heavy atom. The van der Waals surface area contributed by atoms with E-state index in [9.17, 15) is 4.79 Å². The van der Waals surface area contributed by atoms with Gasteiger partial charge >= 0.3 is 0 Å². The molecule has 1 aromatic carbocycles. The van der Waals surface area contributed by atoms with E-state index in [4.69, 9.17) is 5.11 Å². The van der Waals surface area contributed by atoms with E-state index < -0.39 is 0 Å². The van der Waals surface area contributed by atoms with Crippen LogP contribution in [0.15, 0.2) is 18.2 Å². The number of nitrogens with one attached hydrogen (secondary N) is 2. The highest BCUT2D eigenvalue weighted by Crippen LogP contribution is 2.35. The molecule has 5 heteroatoms. The van der Waals surface area contributed by atoms with E-state index in [-0.39, 0.29) is 18.6 Å². The number of rotatable bonds is 5. The lowest BCUT2D eigenvalue weighted by molar-refractivity contribution is -0.117. The van der Waals surface area contributed by atoms with Crippen molar-refractivity contribution in [2.45, 2.75) is 25.8 Å². The van der Waals surface area contributed by atoms with Gasteiger partial charge < -0.3 is 20.6 Å². The van der Waals surface area contributed by atoms with Crippen LogP contribution < -0.4 is 15.5 Å². The van der Waals surface area contributed by atoms with Gasteiger partial charge in [0.1, 0.15) is 6.04 Å². The summed E-state index contributed by atoms with van der Waals surface area (Å²) in [6.07, 6.45) is 2.00. The lowest BCUT2D eigenvalue weighted by Crippen LogP contribution is -2.27. The van der Waals surface area contributed by atoms with Crippen LogP contribution in [0.25, 0.3) is 0 Å². The lowest BCUT2D eigenvalue weighted by Gasteiger charge is -2.20. The molecule has 1 amide bonds. The van der Waals surface area contributed by atoms with Gasteiger partial charge in [-0.3, -0.25) is 4.79 Å². The molecule has 0 saturated carbocycles. The monoisotopic (exact) mass is 289 g/mol. The first-order chi connectivity index (χ1) is 10.2. The van der Waals surface area contributed by atoms with Gasteiger partial charge in [-0.1, -0.05) is 13.0 Å². The Hall–Kier alpha value is -1.59. The fourth-order valence-electron chi connectivity index (χ4n) is 3.34. The minimum absolute atomic E-state index is 0.0311. The maximum Gasteiger partial charge on any atom is 0.246 e. The molecule has 0 aromatic heterocycles. The summed E-state index contributed by atoms with van der Waals surface area (Å²) in [5, 5.41) is 15.2. The fourth-order valence-corrected chi connectivity index (χ4v) is 3.34. The summed E-state index contributed by atoms with van der Waals surface area (Å²) in [7, 11) is 0. The van der Waals surface area contributed by atoms with Gasteiger partial charge in [-0.2, -0.15) is 0 Å². The summed E-state index contributed by atoms with van der Waals surface area (Å²) < 4.78 is 0. The molecule has 0 spiro atoms. The number of aliphatic hydroxyl groups is 1. The number of likely N-dealkylation sites (N-methyl/N-ethyl adjacent to an activating group) is 1. The average Bonchev–Trinajstić information content (AvgIpc) is 3.05. The first-order valence-corrected chi connectivity index (χ1v) is 7.77. The van der Waals surface area contributed by atoms with E-state index in [2.05, 4.69) is 33.7 Å². The zero-order valence-corrected chi connectivity index (χ0v) is 12.4. The second-order valence-corrected chi connectivity index (χ2v) is 5.86. The largest absolute Gasteiger partial charge is 0.396 e. The van der Waals surface area contributed by atoms with Crippen molar-refractivity contribution in [2.75, 3.05) is 36.5 Å². The molecule has 0 bridgehead atoms. The van der Waals surface area contributed by atoms with Crippen LogP contribution in [0.3, 0.4) is 0 Å². The van der Waals surface area contributed by atoms with Crippen LogP contribution in [-0.4, -0.2) is 37.3 Å². The molecule has 2 heterocycles. The van der Waals surface area contributed by atoms with E-state index in [0.717, 1.165) is 49.4 Å². The van der Waals surface area contributed by atoms with Crippen molar-refractivity contribution in [3.8, 4) is 0 Å². The zero-order valence-electron chi connectivity index (χ0n) is 12.4. The summed E-state index contributed by atoms with van der Waals surface area (Å²) in [5.41, 5.74) is 3.12. The second-order valence-electron chi connectivity index (χ2n) is 5.86. The molecule has 2 unspecified atom stereocenters. The maximum atomic E-state index is 12.0. The number of anilines is 2. The molecule has 2 aliphatic rings. The van der Waals surface area contributed by atoms with Gasteiger partial charge in [0, 0.05) is 36.6 Å². The molecule has 1 fully saturated rings. The van der Waals surface area contributed by atoms with E-state index >= 15 is 0 Å². The van der Waals surface area contributed by atoms with Crippen molar-refractivity contribution < 1.29 is 9.90 Å². The van der Waals surface area contributed by atoms with Crippen LogP contribution in [0, 0.1) is 5.92 Å². The number of carbonyl (C=O) groups is 1. The van der Waals surface area contributed by atoms with Crippen LogP contribution in [0.5, 0.6) is 0 Å². The van der Waals surface area contributed by atoms with Crippen molar-refractivity contribution in [3.05, 3.63) is 23.8 Å². The number of hydrogen-bond acceptors (Lipinski definition) is 4. The zero-order chi connectivity index (χ0) is 14.8. The van der Waals surface area contributed by atoms with Crippen molar-refractivity contribution in [1.29, 1.82) is 0 Å². The third-order valence-corrected chi connectivity index (χ3v) is 4.46. The molecular formula is C16H23N3O2. The minimum Gasteiger partial charge on any atom is -0.396 e. The second kappa shape index (κ2) is 6.03. The van der Waals surface area contributed by atoms with Crippen molar-refractivity contribution in [1.82, 2.24) is 5.32 Å². The van der Waals surface area contributed by atoms with E-state index in [1.807, 2.05) is 6.92 Å². The molecule has 21 heavy (non-hydrogen) atoms. The van der Waals surface area contributed by atoms with E-state index in [1.165, 1.54) is 0 Å². The predicted octanol–water partition coefficient (Wildman–Crippen LogP) is 1.50. The first kappa shape index (κ1) is 14.4. The molecule has 0 aliphatic carbocycles. The van der Waals surface area contributed by atoms with Crippen LogP contribution in [0.4, 0.5) is 11.4 Å². The van der Waals surface area contributed by atoms with Crippen molar-refractivity contribution in [3.63, 3.8) is 0 Å². The van der Waals surface area contributed by atoms with Gasteiger partial charge in [0.15, 0.2) is 0 Å². The SMILES string of the molecule is CCNC1C(=O)Nc2cc(N3CCC(CCO)C3)ccc21. The molecule has 3 N–H and O–H groups in total. The van der Waals surface area contributed by atoms with Gasteiger partial charge in [0.05, 0.1) is 0 Å². The maximum absolute atomic E-state index is 12.0. The van der Waals surface area contributed by atoms with E-state index in [1.54, 1.807) is 0 Å². The Bertz CT molecular complexity index is 532. The molecule has 114 valence electrons. The van der Waals surface area contributed by atoms with Gasteiger partial charge in [0.2, 0.25) is 5.91 Å². The fraction of sp³-hybridized carbons (Fsp3) is 0.562. The molecule has 0 radical (unpaired) electrons. The molecule has 1 aromatic rings. The van der Waals surface area contributed by atoms with E-state index in [0.29, 0.717) is 5.92 Å². The quantitative estimate of drug-likeness (QED) is 0.768. The molecule has 1 saturated heterocycles. The van der Waals surface area contributed by atoms with Gasteiger partial charge in [-0.25, -0.2) is 0 Å². The summed E-state index contributed by atoms with van der Waals surface area (Å²) >= 11 is 0. The highest BCUT2D eigenvalue weighted by molar-refractivity contribution is 6.03. The summed E-state index contributed by atoms with van der Waals surface area (Å²) in [5.74, 6) is 0.607. The number of fused-ring (bicyclic) bond motifs is 1. The predicted molar refractivity (Wildman–Crippen MR) is 83.5 cm³/mol. The number of carbonyl (C=O) groups excluding carboxylic acids is 1. The van der Waals surface area contributed by atoms with Crippen LogP contribution in [-0.2, 0) is 4.79 Å². The molecule has 2 aliphatic heterocycles. The van der Waals surface area contributed by atoms with Gasteiger partial charge in [-0.15, -0.1) is 0 Å². The normalized spacial score (nSPS) is 24.3. The van der Waals surface area contributed by atoms with Crippen LogP contribution in [0.2, 0.25) is 0 Å². The number of benzene rings is 1. The Kier molecular flexibility index (Phi) is 4.12. The van der Waals surface area contributed by atoms with Crippen molar-refractivity contribution >= 4 is 17.3 Å². The number of nitrogens with zero attached hydrogens (tertiary/aromatic N) is 1. The van der Waals surface area contributed by atoms with Gasteiger partial charge in [0.25, 0.3) is 0 Å². The summed E-state index contributed by atoms with van der Waals surface area (Å²) in [4.78, 5) is 14.3. The minimum atomic E-state index is -0.222. The Morgan fingerprint density at radius 1 is 1.48 bits per heavy atom. The third-order valence-electron chi connectivity index (χ3n) is 4.46. The number of amides is 1. The smallest absolute Gasteiger partial charge is 0.246 e. The van der Waals surface area contributed by atoms with Crippen LogP contribution >= 0.6 is 0 Å². The average molecular weight is 289 g/mol. The topological polar surface area (TPSA) is 64.6 Å². The Balaban J connectivity index is 1.76. The first-order valence-electron chi connectivity index (χ1n) is 7.77. The molecular weight excluding hydrogens is 266 g/mol. The molecule has 3 rings (SSSR count). The lowest BCUT2D eigenvalue weighted by atomic mass is 10.1.